The summed E-state index contributed by atoms with van der Waals surface area (Å²) in [5.41, 5.74) is 0. The van der Waals surface area contributed by atoms with E-state index in [1.54, 1.807) is 29.6 Å². The number of hydrogen-bond acceptors (Lipinski definition) is 4. The Morgan fingerprint density at radius 3 is 2.28 bits per heavy atom. The van der Waals surface area contributed by atoms with Crippen LogP contribution >= 0.6 is 15.9 Å². The molecule has 1 saturated carbocycles. The normalized spacial score (nSPS) is 19.7. The molecule has 32 heavy (non-hydrogen) atoms. The molecular formula is C25H43BrN2O3S. The van der Waals surface area contributed by atoms with Crippen LogP contribution in [0.15, 0.2) is 33.6 Å². The zero-order valence-corrected chi connectivity index (χ0v) is 22.7. The molecular weight excluding hydrogens is 488 g/mol. The molecule has 1 aromatic carbocycles. The number of sulfonamides is 1. The van der Waals surface area contributed by atoms with Gasteiger partial charge >= 0.3 is 0 Å². The van der Waals surface area contributed by atoms with Crippen LogP contribution in [0.5, 0.6) is 0 Å². The van der Waals surface area contributed by atoms with Gasteiger partial charge in [-0.1, -0.05) is 54.6 Å². The van der Waals surface area contributed by atoms with Crippen molar-refractivity contribution < 1.29 is 13.2 Å². The van der Waals surface area contributed by atoms with Crippen molar-refractivity contribution in [3.63, 3.8) is 0 Å². The predicted molar refractivity (Wildman–Crippen MR) is 137 cm³/mol. The van der Waals surface area contributed by atoms with E-state index in [9.17, 15) is 8.42 Å². The third kappa shape index (κ3) is 9.41. The van der Waals surface area contributed by atoms with Crippen LogP contribution in [0, 0.1) is 0 Å². The lowest BCUT2D eigenvalue weighted by atomic mass is 9.93. The van der Waals surface area contributed by atoms with Crippen molar-refractivity contribution in [1.29, 1.82) is 0 Å². The van der Waals surface area contributed by atoms with E-state index in [0.29, 0.717) is 4.90 Å². The van der Waals surface area contributed by atoms with Gasteiger partial charge < -0.3 is 9.64 Å². The summed E-state index contributed by atoms with van der Waals surface area (Å²) in [6, 6.07) is 6.99. The van der Waals surface area contributed by atoms with Gasteiger partial charge in [-0.25, -0.2) is 8.42 Å². The van der Waals surface area contributed by atoms with Gasteiger partial charge in [-0.05, 0) is 83.3 Å². The lowest BCUT2D eigenvalue weighted by Crippen LogP contribution is -2.40. The first-order valence-corrected chi connectivity index (χ1v) is 14.6. The highest BCUT2D eigenvalue weighted by atomic mass is 79.9. The Kier molecular flexibility index (Phi) is 12.8. The van der Waals surface area contributed by atoms with Crippen LogP contribution in [-0.4, -0.2) is 63.6 Å². The van der Waals surface area contributed by atoms with Gasteiger partial charge in [0.1, 0.15) is 0 Å². The molecule has 0 spiro atoms. The molecule has 1 aromatic rings. The highest BCUT2D eigenvalue weighted by Crippen LogP contribution is 2.29. The smallest absolute Gasteiger partial charge is 0.243 e. The van der Waals surface area contributed by atoms with Crippen molar-refractivity contribution in [3.05, 3.63) is 28.7 Å². The zero-order valence-electron chi connectivity index (χ0n) is 20.3. The van der Waals surface area contributed by atoms with Crippen molar-refractivity contribution in [1.82, 2.24) is 9.21 Å². The maximum atomic E-state index is 12.9. The molecule has 0 N–H and O–H groups in total. The van der Waals surface area contributed by atoms with Gasteiger partial charge in [-0.3, -0.25) is 0 Å². The van der Waals surface area contributed by atoms with E-state index in [0.717, 1.165) is 43.2 Å². The van der Waals surface area contributed by atoms with E-state index in [1.807, 2.05) is 6.07 Å². The fourth-order valence-corrected chi connectivity index (χ4v) is 6.41. The fourth-order valence-electron chi connectivity index (χ4n) is 4.40. The number of unbranched alkanes of at least 4 members (excludes halogenated alkanes) is 5. The Balaban J connectivity index is 1.58. The van der Waals surface area contributed by atoms with Crippen LogP contribution in [0.3, 0.4) is 0 Å². The zero-order chi connectivity index (χ0) is 23.4. The van der Waals surface area contributed by atoms with Gasteiger partial charge in [0, 0.05) is 24.2 Å². The third-order valence-electron chi connectivity index (χ3n) is 6.56. The van der Waals surface area contributed by atoms with Crippen LogP contribution in [0.4, 0.5) is 0 Å². The molecule has 184 valence electrons. The van der Waals surface area contributed by atoms with Crippen LogP contribution in [-0.2, 0) is 14.8 Å². The fraction of sp³-hybridized carbons (Fsp3) is 0.760. The molecule has 0 saturated heterocycles. The first-order valence-electron chi connectivity index (χ1n) is 12.4. The standard InChI is InChI=1S/C25H43BrN2O3S/c1-4-5-8-18-27(2)19-9-6-7-10-20-31-24-16-14-23(15-17-24)28(3)32(29,30)25-13-11-12-22(26)21-25/h11-13,21,23-24H,4-10,14-20H2,1-3H3/t23-,24-. The minimum absolute atomic E-state index is 0.0492. The number of benzene rings is 1. The number of hydrogen-bond donors (Lipinski definition) is 0. The van der Waals surface area contributed by atoms with Gasteiger partial charge in [-0.2, -0.15) is 4.31 Å². The summed E-state index contributed by atoms with van der Waals surface area (Å²) < 4.78 is 34.3. The molecule has 1 aliphatic rings. The topological polar surface area (TPSA) is 49.9 Å². The van der Waals surface area contributed by atoms with E-state index in [-0.39, 0.29) is 12.1 Å². The van der Waals surface area contributed by atoms with Gasteiger partial charge in [-0.15, -0.1) is 0 Å². The molecule has 2 rings (SSSR count). The second-order valence-electron chi connectivity index (χ2n) is 9.20. The Morgan fingerprint density at radius 1 is 0.969 bits per heavy atom. The van der Waals surface area contributed by atoms with Crippen LogP contribution < -0.4 is 0 Å². The maximum absolute atomic E-state index is 12.9. The second-order valence-corrected chi connectivity index (χ2v) is 12.1. The van der Waals surface area contributed by atoms with E-state index in [1.165, 1.54) is 51.6 Å². The average molecular weight is 532 g/mol. The highest BCUT2D eigenvalue weighted by Gasteiger charge is 2.31. The second kappa shape index (κ2) is 14.7. The van der Waals surface area contributed by atoms with Crippen molar-refractivity contribution in [2.75, 3.05) is 33.8 Å². The van der Waals surface area contributed by atoms with Crippen LogP contribution in [0.1, 0.15) is 77.6 Å². The number of ether oxygens (including phenoxy) is 1. The summed E-state index contributed by atoms with van der Waals surface area (Å²) in [4.78, 5) is 2.80. The number of nitrogens with zero attached hydrogens (tertiary/aromatic N) is 2. The van der Waals surface area contributed by atoms with E-state index in [4.69, 9.17) is 4.74 Å². The van der Waals surface area contributed by atoms with Gasteiger partial charge in [0.25, 0.3) is 0 Å². The summed E-state index contributed by atoms with van der Waals surface area (Å²) in [5, 5.41) is 0. The Labute approximate surface area is 205 Å². The summed E-state index contributed by atoms with van der Waals surface area (Å²) in [7, 11) is 0.482. The first kappa shape index (κ1) is 27.8. The number of rotatable bonds is 15. The minimum atomic E-state index is -3.46. The molecule has 5 nitrogen and oxygen atoms in total. The quantitative estimate of drug-likeness (QED) is 0.258. The highest BCUT2D eigenvalue weighted by molar-refractivity contribution is 9.10. The van der Waals surface area contributed by atoms with E-state index < -0.39 is 10.0 Å². The molecule has 0 atom stereocenters. The molecule has 1 fully saturated rings. The average Bonchev–Trinajstić information content (AvgIpc) is 2.78. The Bertz CT molecular complexity index is 751. The van der Waals surface area contributed by atoms with Crippen molar-refractivity contribution >= 4 is 26.0 Å². The van der Waals surface area contributed by atoms with Crippen molar-refractivity contribution in [2.24, 2.45) is 0 Å². The predicted octanol–water partition coefficient (Wildman–Crippen LogP) is 6.08. The van der Waals surface area contributed by atoms with Gasteiger partial charge in [0.05, 0.1) is 11.0 Å². The van der Waals surface area contributed by atoms with E-state index in [2.05, 4.69) is 34.8 Å². The van der Waals surface area contributed by atoms with Crippen molar-refractivity contribution in [3.8, 4) is 0 Å². The lowest BCUT2D eigenvalue weighted by molar-refractivity contribution is 0.0156. The monoisotopic (exact) mass is 530 g/mol. The first-order chi connectivity index (χ1) is 15.3. The summed E-state index contributed by atoms with van der Waals surface area (Å²) >= 11 is 3.37. The van der Waals surface area contributed by atoms with Crippen LogP contribution in [0.2, 0.25) is 0 Å². The van der Waals surface area contributed by atoms with E-state index >= 15 is 0 Å². The molecule has 0 unspecified atom stereocenters. The summed E-state index contributed by atoms with van der Waals surface area (Å²) in [6.45, 7) is 5.50. The molecule has 7 heteroatoms. The molecule has 0 heterocycles. The number of halogens is 1. The van der Waals surface area contributed by atoms with Gasteiger partial charge in [0.2, 0.25) is 10.0 Å². The Morgan fingerprint density at radius 2 is 1.62 bits per heavy atom. The minimum Gasteiger partial charge on any atom is -0.378 e. The largest absolute Gasteiger partial charge is 0.378 e. The Hall–Kier alpha value is -0.470. The third-order valence-corrected chi connectivity index (χ3v) is 8.96. The maximum Gasteiger partial charge on any atom is 0.243 e. The van der Waals surface area contributed by atoms with Gasteiger partial charge in [0.15, 0.2) is 0 Å². The summed E-state index contributed by atoms with van der Waals surface area (Å²) in [6.07, 6.45) is 12.7. The molecule has 0 radical (unpaired) electrons. The molecule has 0 aromatic heterocycles. The van der Waals surface area contributed by atoms with Crippen molar-refractivity contribution in [2.45, 2.75) is 94.6 Å². The molecule has 0 aliphatic heterocycles. The molecule has 1 aliphatic carbocycles. The van der Waals surface area contributed by atoms with Crippen LogP contribution in [0.25, 0.3) is 0 Å². The molecule has 0 bridgehead atoms. The molecule has 0 amide bonds. The lowest BCUT2D eigenvalue weighted by Gasteiger charge is -2.34. The SMILES string of the molecule is CCCCCN(C)CCCCCCO[C@H]1CC[C@H](N(C)S(=O)(=O)c2cccc(Br)c2)CC1. The summed E-state index contributed by atoms with van der Waals surface area (Å²) in [5.74, 6) is 0.